The quantitative estimate of drug-likeness (QED) is 0.162. The maximum Gasteiger partial charge on any atom is 0.135 e. The molecule has 272 valence electrons. The molecule has 0 fully saturated rings. The molecule has 0 saturated carbocycles. The molecular formula is C56H37NO. The summed E-state index contributed by atoms with van der Waals surface area (Å²) in [5.74, 6) is 0. The lowest BCUT2D eigenvalue weighted by Gasteiger charge is -2.28. The van der Waals surface area contributed by atoms with Crippen LogP contribution in [0.25, 0.3) is 88.0 Å². The van der Waals surface area contributed by atoms with E-state index in [9.17, 15) is 0 Å². The highest BCUT2D eigenvalue weighted by Crippen LogP contribution is 2.44. The first-order valence-electron chi connectivity index (χ1n) is 19.8. The Bertz CT molecular complexity index is 3270. The number of nitrogens with zero attached hydrogens (tertiary/aromatic N) is 1. The van der Waals surface area contributed by atoms with E-state index >= 15 is 0 Å². The second-order valence-electron chi connectivity index (χ2n) is 14.9. The van der Waals surface area contributed by atoms with E-state index < -0.39 is 0 Å². The highest BCUT2D eigenvalue weighted by molar-refractivity contribution is 6.07. The number of hydrogen-bond acceptors (Lipinski definition) is 2. The molecule has 58 heavy (non-hydrogen) atoms. The molecule has 0 aliphatic heterocycles. The largest absolute Gasteiger partial charge is 0.456 e. The molecule has 0 amide bonds. The Labute approximate surface area is 337 Å². The minimum atomic E-state index is 0.892. The predicted octanol–water partition coefficient (Wildman–Crippen LogP) is 16.0. The van der Waals surface area contributed by atoms with Gasteiger partial charge in [-0.25, -0.2) is 0 Å². The fourth-order valence-electron chi connectivity index (χ4n) is 8.65. The summed E-state index contributed by atoms with van der Waals surface area (Å²) >= 11 is 0. The van der Waals surface area contributed by atoms with Crippen LogP contribution in [0.1, 0.15) is 0 Å². The summed E-state index contributed by atoms with van der Waals surface area (Å²) < 4.78 is 6.22. The Morgan fingerprint density at radius 3 is 1.48 bits per heavy atom. The van der Waals surface area contributed by atoms with Crippen LogP contribution in [0.5, 0.6) is 0 Å². The van der Waals surface area contributed by atoms with Crippen molar-refractivity contribution in [2.45, 2.75) is 0 Å². The molecule has 0 aliphatic carbocycles. The van der Waals surface area contributed by atoms with Gasteiger partial charge in [-0.3, -0.25) is 0 Å². The first kappa shape index (κ1) is 33.6. The van der Waals surface area contributed by atoms with Crippen LogP contribution >= 0.6 is 0 Å². The molecule has 11 aromatic rings. The first-order chi connectivity index (χ1) is 28.7. The van der Waals surface area contributed by atoms with Crippen LogP contribution in [0.2, 0.25) is 0 Å². The summed E-state index contributed by atoms with van der Waals surface area (Å²) in [5, 5.41) is 7.24. The molecule has 11 rings (SSSR count). The van der Waals surface area contributed by atoms with E-state index in [1.54, 1.807) is 0 Å². The lowest BCUT2D eigenvalue weighted by molar-refractivity contribution is 0.669. The molecule has 0 aliphatic rings. The van der Waals surface area contributed by atoms with Gasteiger partial charge in [0.25, 0.3) is 0 Å². The smallest absolute Gasteiger partial charge is 0.135 e. The maximum absolute atomic E-state index is 6.22. The highest BCUT2D eigenvalue weighted by atomic mass is 16.3. The molecule has 2 nitrogen and oxygen atoms in total. The molecule has 0 N–H and O–H groups in total. The van der Waals surface area contributed by atoms with Crippen LogP contribution in [0.4, 0.5) is 17.1 Å². The van der Waals surface area contributed by atoms with E-state index in [1.807, 2.05) is 12.1 Å². The van der Waals surface area contributed by atoms with E-state index in [2.05, 4.69) is 217 Å². The van der Waals surface area contributed by atoms with Gasteiger partial charge < -0.3 is 9.32 Å². The number of rotatable bonds is 7. The number of benzene rings is 10. The Hall–Kier alpha value is -7.68. The minimum Gasteiger partial charge on any atom is -0.456 e. The van der Waals surface area contributed by atoms with Crippen molar-refractivity contribution in [3.63, 3.8) is 0 Å². The van der Waals surface area contributed by atoms with Crippen LogP contribution in [-0.2, 0) is 0 Å². The van der Waals surface area contributed by atoms with Gasteiger partial charge in [0.2, 0.25) is 0 Å². The summed E-state index contributed by atoms with van der Waals surface area (Å²) in [6, 6.07) is 80.8. The van der Waals surface area contributed by atoms with E-state index in [1.165, 1.54) is 54.9 Å². The Morgan fingerprint density at radius 2 is 0.759 bits per heavy atom. The van der Waals surface area contributed by atoms with Gasteiger partial charge in [0, 0.05) is 27.7 Å². The van der Waals surface area contributed by atoms with Crippen molar-refractivity contribution >= 4 is 60.5 Å². The van der Waals surface area contributed by atoms with Gasteiger partial charge in [0.05, 0.1) is 5.69 Å². The summed E-state index contributed by atoms with van der Waals surface area (Å²) in [5.41, 5.74) is 14.5. The van der Waals surface area contributed by atoms with Crippen molar-refractivity contribution in [3.05, 3.63) is 224 Å². The summed E-state index contributed by atoms with van der Waals surface area (Å²) in [4.78, 5) is 2.39. The molecular weight excluding hydrogens is 703 g/mol. The normalized spacial score (nSPS) is 11.4. The zero-order valence-electron chi connectivity index (χ0n) is 31.7. The van der Waals surface area contributed by atoms with Crippen molar-refractivity contribution in [1.29, 1.82) is 0 Å². The van der Waals surface area contributed by atoms with Crippen LogP contribution in [0.3, 0.4) is 0 Å². The SMILES string of the molecule is c1cc(-c2ccc(N(c3ccc(-c4cccc5ccccc45)cc3)c3ccccc3-c3ccc4oc5ccccc5c4c3)cc2)cc(-c2cccc3ccccc23)c1. The van der Waals surface area contributed by atoms with Gasteiger partial charge in [0.15, 0.2) is 0 Å². The second-order valence-corrected chi connectivity index (χ2v) is 14.9. The van der Waals surface area contributed by atoms with E-state index in [-0.39, 0.29) is 0 Å². The third kappa shape index (κ3) is 5.91. The first-order valence-corrected chi connectivity index (χ1v) is 19.8. The third-order valence-electron chi connectivity index (χ3n) is 11.5. The van der Waals surface area contributed by atoms with Gasteiger partial charge in [-0.2, -0.15) is 0 Å². The molecule has 0 unspecified atom stereocenters. The summed E-state index contributed by atoms with van der Waals surface area (Å²) in [6.45, 7) is 0. The summed E-state index contributed by atoms with van der Waals surface area (Å²) in [6.07, 6.45) is 0. The maximum atomic E-state index is 6.22. The molecule has 10 aromatic carbocycles. The molecule has 0 spiro atoms. The third-order valence-corrected chi connectivity index (χ3v) is 11.5. The van der Waals surface area contributed by atoms with Gasteiger partial charge in [-0.15, -0.1) is 0 Å². The lowest BCUT2D eigenvalue weighted by Crippen LogP contribution is -2.11. The fraction of sp³-hybridized carbons (Fsp3) is 0. The average molecular weight is 740 g/mol. The highest BCUT2D eigenvalue weighted by Gasteiger charge is 2.19. The molecule has 2 heteroatoms. The van der Waals surface area contributed by atoms with E-state index in [4.69, 9.17) is 4.42 Å². The number of hydrogen-bond donors (Lipinski definition) is 0. The Kier molecular flexibility index (Phi) is 8.19. The minimum absolute atomic E-state index is 0.892. The fourth-order valence-corrected chi connectivity index (χ4v) is 8.65. The van der Waals surface area contributed by atoms with E-state index in [0.29, 0.717) is 0 Å². The standard InChI is InChI=1S/C56H37NO/c1-3-18-47-39(12-1)14-10-22-49(47)41-28-33-46(34-29-41)57(54-24-7-5-20-51(54)44-30-35-56-53(37-44)52-21-6-8-25-55(52)58-56)45-31-26-38(27-32-45)42-16-9-17-43(36-42)50-23-11-15-40-13-2-4-19-48(40)50/h1-37H. The Balaban J connectivity index is 1.02. The van der Waals surface area contributed by atoms with Crippen molar-refractivity contribution in [1.82, 2.24) is 0 Å². The number of fused-ring (bicyclic) bond motifs is 5. The second kappa shape index (κ2) is 14.1. The van der Waals surface area contributed by atoms with Gasteiger partial charge in [-0.1, -0.05) is 170 Å². The molecule has 0 saturated heterocycles. The van der Waals surface area contributed by atoms with Crippen LogP contribution in [0.15, 0.2) is 229 Å². The molecule has 1 heterocycles. The van der Waals surface area contributed by atoms with Gasteiger partial charge in [-0.05, 0) is 115 Å². The van der Waals surface area contributed by atoms with Gasteiger partial charge >= 0.3 is 0 Å². The average Bonchev–Trinajstić information content (AvgIpc) is 3.67. The zero-order valence-corrected chi connectivity index (χ0v) is 31.7. The number of furan rings is 1. The molecule has 1 aromatic heterocycles. The van der Waals surface area contributed by atoms with Crippen LogP contribution in [0, 0.1) is 0 Å². The van der Waals surface area contributed by atoms with Crippen molar-refractivity contribution < 1.29 is 4.42 Å². The van der Waals surface area contributed by atoms with Gasteiger partial charge in [0.1, 0.15) is 11.2 Å². The number of para-hydroxylation sites is 2. The zero-order chi connectivity index (χ0) is 38.4. The summed E-state index contributed by atoms with van der Waals surface area (Å²) in [7, 11) is 0. The van der Waals surface area contributed by atoms with Crippen molar-refractivity contribution in [3.8, 4) is 44.5 Å². The van der Waals surface area contributed by atoms with Crippen LogP contribution in [-0.4, -0.2) is 0 Å². The molecule has 0 radical (unpaired) electrons. The van der Waals surface area contributed by atoms with Crippen molar-refractivity contribution in [2.75, 3.05) is 4.90 Å². The van der Waals surface area contributed by atoms with Crippen molar-refractivity contribution in [2.24, 2.45) is 0 Å². The monoisotopic (exact) mass is 739 g/mol. The molecule has 0 atom stereocenters. The topological polar surface area (TPSA) is 16.4 Å². The molecule has 0 bridgehead atoms. The van der Waals surface area contributed by atoms with Crippen LogP contribution < -0.4 is 4.90 Å². The predicted molar refractivity (Wildman–Crippen MR) is 245 cm³/mol. The van der Waals surface area contributed by atoms with E-state index in [0.717, 1.165) is 50.1 Å². The Morgan fingerprint density at radius 1 is 0.276 bits per heavy atom. The number of anilines is 3. The lowest BCUT2D eigenvalue weighted by atomic mass is 9.95.